The number of hydrogen-bond donors (Lipinski definition) is 5. The number of aliphatic hydroxyl groups excluding tert-OH is 3. The minimum Gasteiger partial charge on any atom is -0.459 e. The van der Waals surface area contributed by atoms with Crippen molar-refractivity contribution in [1.82, 2.24) is 24.8 Å². The van der Waals surface area contributed by atoms with E-state index in [1.54, 1.807) is 72.0 Å². The zero-order valence-corrected chi connectivity index (χ0v) is 47.3. The van der Waals surface area contributed by atoms with E-state index in [0.29, 0.717) is 42.8 Å². The molecule has 1 unspecified atom stereocenters. The van der Waals surface area contributed by atoms with Gasteiger partial charge in [-0.2, -0.15) is 0 Å². The third kappa shape index (κ3) is 14.5. The second kappa shape index (κ2) is 25.4. The quantitative estimate of drug-likeness (QED) is 0.150. The van der Waals surface area contributed by atoms with Crippen molar-refractivity contribution in [3.63, 3.8) is 0 Å². The van der Waals surface area contributed by atoms with Gasteiger partial charge < -0.3 is 63.8 Å². The first kappa shape index (κ1) is 62.1. The Kier molecular flexibility index (Phi) is 21.3. The van der Waals surface area contributed by atoms with Gasteiger partial charge in [-0.1, -0.05) is 57.2 Å². The number of esters is 1. The summed E-state index contributed by atoms with van der Waals surface area (Å²) in [6, 6.07) is 4.85. The fraction of sp³-hybridized carbons (Fsp3) is 0.830. The normalized spacial score (nSPS) is 39.5. The molecular formula is C53H90FN5O14S. The van der Waals surface area contributed by atoms with E-state index in [1.165, 1.54) is 25.8 Å². The number of cyclic esters (lactones) is 1. The molecule has 5 rings (SSSR count). The van der Waals surface area contributed by atoms with Crippen LogP contribution in [0.25, 0.3) is 0 Å². The topological polar surface area (TPSA) is 245 Å². The molecule has 1 aromatic heterocycles. The highest BCUT2D eigenvalue weighted by molar-refractivity contribution is 7.89. The third-order valence-corrected chi connectivity index (χ3v) is 17.4. The molecule has 20 atom stereocenters. The number of methoxy groups -OCH3 is 2. The molecule has 0 radical (unpaired) electrons. The average molecular weight is 1070 g/mol. The summed E-state index contributed by atoms with van der Waals surface area (Å²) < 4.78 is 77.8. The van der Waals surface area contributed by atoms with Crippen LogP contribution in [-0.4, -0.2) is 203 Å². The van der Waals surface area contributed by atoms with Crippen LogP contribution < -0.4 is 0 Å². The van der Waals surface area contributed by atoms with E-state index in [2.05, 4.69) is 10.3 Å². The smallest absolute Gasteiger partial charge is 0.309 e. The summed E-state index contributed by atoms with van der Waals surface area (Å²) in [5, 5.41) is 68.8. The lowest BCUT2D eigenvalue weighted by Crippen LogP contribution is -2.62. The number of aliphatic hydroxyl groups is 5. The van der Waals surface area contributed by atoms with Crippen molar-refractivity contribution < 1.29 is 71.6 Å². The Balaban J connectivity index is 1.44. The van der Waals surface area contributed by atoms with Gasteiger partial charge in [-0.3, -0.25) is 4.79 Å². The van der Waals surface area contributed by atoms with Crippen LogP contribution >= 0.6 is 0 Å². The lowest BCUT2D eigenvalue weighted by Gasteiger charge is -2.51. The van der Waals surface area contributed by atoms with Gasteiger partial charge in [0.05, 0.1) is 53.0 Å². The molecule has 424 valence electrons. The Bertz CT molecular complexity index is 2210. The fourth-order valence-electron chi connectivity index (χ4n) is 12.2. The van der Waals surface area contributed by atoms with Gasteiger partial charge in [-0.25, -0.2) is 17.5 Å². The monoisotopic (exact) mass is 1070 g/mol. The van der Waals surface area contributed by atoms with E-state index >= 15 is 0 Å². The van der Waals surface area contributed by atoms with Gasteiger partial charge in [-0.15, -0.1) is 5.10 Å². The molecule has 3 aliphatic heterocycles. The van der Waals surface area contributed by atoms with Crippen molar-refractivity contribution in [2.75, 3.05) is 54.3 Å². The standard InChI is InChI=1S/C53H90FN5O14S/c1-16-42-53(10,65)46(61)34(6)58(12)27-30(2)24-51(8,64)48(32(4)43(33(5)49(63)72-42)41-25-52(9,69-14)47(62)35(7)71-41)73-50-44(60)39(23-31(3)70-50)57(11)22-21-38-28-59(56-55-38)40(26-54)45(68-13)37-19-17-36(18-20-37)29-74(15,66)67/h17-20,28,30-35,39-48,50,60-62,64-65H,16,21-27,29H2,1-15H3/t30-,31-,32+,33-,34-,35+,39+,40-,41?,42-,43+,44-,45-,46-,47+,48-,50+,51-,52-,53-/m1/s1. The van der Waals surface area contributed by atoms with E-state index in [-0.39, 0.29) is 30.9 Å². The van der Waals surface area contributed by atoms with Crippen LogP contribution in [-0.2, 0) is 55.2 Å². The molecule has 74 heavy (non-hydrogen) atoms. The molecule has 0 amide bonds. The SMILES string of the molecule is CC[C@H]1OC(=O)[C@H](C)[C@@H](C2C[C@@](C)(OC)[C@@H](O)[C@H](C)O2)[C@H](C)[C@@H](O[C@@H]2O[C@H](C)C[C@H](N(C)CCc3cn([C@H](CF)[C@H](OC)c4ccc(CS(C)(=O)=O)cc4)nn3)[C@H]2O)[C@](C)(O)C[C@@H](C)CN(C)[C@H](C)[C@@H](O)[C@]1(C)O. The van der Waals surface area contributed by atoms with Crippen LogP contribution in [0.15, 0.2) is 30.5 Å². The largest absolute Gasteiger partial charge is 0.459 e. The maximum Gasteiger partial charge on any atom is 0.309 e. The number of alkyl halides is 1. The summed E-state index contributed by atoms with van der Waals surface area (Å²) >= 11 is 0. The molecule has 1 aromatic carbocycles. The van der Waals surface area contributed by atoms with Crippen LogP contribution in [0.2, 0.25) is 0 Å². The molecule has 0 saturated carbocycles. The van der Waals surface area contributed by atoms with Crippen molar-refractivity contribution in [1.29, 1.82) is 0 Å². The number of sulfone groups is 1. The molecule has 4 heterocycles. The Morgan fingerprint density at radius 2 is 1.64 bits per heavy atom. The number of carbonyl (C=O) groups is 1. The molecule has 5 N–H and O–H groups in total. The third-order valence-electron chi connectivity index (χ3n) is 16.6. The highest BCUT2D eigenvalue weighted by Gasteiger charge is 2.55. The second-order valence-corrected chi connectivity index (χ2v) is 25.0. The molecule has 3 aliphatic rings. The predicted molar refractivity (Wildman–Crippen MR) is 275 cm³/mol. The Morgan fingerprint density at radius 3 is 2.22 bits per heavy atom. The molecule has 19 nitrogen and oxygen atoms in total. The van der Waals surface area contributed by atoms with Gasteiger partial charge in [0.1, 0.15) is 48.8 Å². The summed E-state index contributed by atoms with van der Waals surface area (Å²) in [6.07, 6.45) is -5.46. The number of likely N-dealkylation sites (N-methyl/N-ethyl adjacent to an activating group) is 2. The number of halogens is 1. The summed E-state index contributed by atoms with van der Waals surface area (Å²) in [5.41, 5.74) is -2.74. The Hall–Kier alpha value is -2.77. The van der Waals surface area contributed by atoms with Crippen LogP contribution in [0.3, 0.4) is 0 Å². The first-order chi connectivity index (χ1) is 34.4. The highest BCUT2D eigenvalue weighted by atomic mass is 32.2. The maximum atomic E-state index is 14.8. The lowest BCUT2D eigenvalue weighted by molar-refractivity contribution is -0.302. The molecule has 21 heteroatoms. The van der Waals surface area contributed by atoms with Crippen molar-refractivity contribution in [2.24, 2.45) is 23.7 Å². The van der Waals surface area contributed by atoms with Crippen LogP contribution in [0.1, 0.15) is 124 Å². The minimum atomic E-state index is -3.24. The van der Waals surface area contributed by atoms with Crippen molar-refractivity contribution in [3.05, 3.63) is 47.3 Å². The molecule has 0 spiro atoms. The number of rotatable bonds is 16. The van der Waals surface area contributed by atoms with Gasteiger partial charge >= 0.3 is 5.97 Å². The number of ether oxygens (including phenoxy) is 6. The van der Waals surface area contributed by atoms with Gasteiger partial charge in [-0.05, 0) is 97.9 Å². The van der Waals surface area contributed by atoms with Crippen LogP contribution in [0, 0.1) is 23.7 Å². The number of benzene rings is 1. The molecule has 3 fully saturated rings. The number of hydrogen-bond acceptors (Lipinski definition) is 18. The minimum absolute atomic E-state index is 0.119. The molecular weight excluding hydrogens is 982 g/mol. The van der Waals surface area contributed by atoms with Gasteiger partial charge in [0.15, 0.2) is 16.1 Å². The molecule has 2 aromatic rings. The molecule has 3 saturated heterocycles. The lowest BCUT2D eigenvalue weighted by atomic mass is 9.68. The average Bonchev–Trinajstić information content (AvgIpc) is 3.80. The first-order valence-corrected chi connectivity index (χ1v) is 28.4. The zero-order chi connectivity index (χ0) is 55.4. The Morgan fingerprint density at radius 1 is 0.986 bits per heavy atom. The van der Waals surface area contributed by atoms with Gasteiger partial charge in [0.2, 0.25) is 0 Å². The number of nitrogens with zero attached hydrogens (tertiary/aromatic N) is 5. The maximum absolute atomic E-state index is 14.8. The number of carbonyl (C=O) groups excluding carboxylic acids is 1. The summed E-state index contributed by atoms with van der Waals surface area (Å²) in [6.45, 7) is 17.7. The van der Waals surface area contributed by atoms with Crippen molar-refractivity contribution in [2.45, 2.75) is 203 Å². The first-order valence-electron chi connectivity index (χ1n) is 26.3. The summed E-state index contributed by atoms with van der Waals surface area (Å²) in [5.74, 6) is -3.44. The van der Waals surface area contributed by atoms with E-state index < -0.39 is 136 Å². The highest BCUT2D eigenvalue weighted by Crippen LogP contribution is 2.45. The fourth-order valence-corrected chi connectivity index (χ4v) is 13.0. The Labute approximate surface area is 439 Å². The molecule has 0 aliphatic carbocycles. The van der Waals surface area contributed by atoms with Crippen molar-refractivity contribution in [3.8, 4) is 0 Å². The van der Waals surface area contributed by atoms with Crippen molar-refractivity contribution >= 4 is 15.8 Å². The van der Waals surface area contributed by atoms with Gasteiger partial charge in [0, 0.05) is 70.6 Å². The number of aromatic nitrogens is 3. The second-order valence-electron chi connectivity index (χ2n) is 22.9. The predicted octanol–water partition coefficient (Wildman–Crippen LogP) is 3.82. The van der Waals surface area contributed by atoms with Crippen LogP contribution in [0.4, 0.5) is 4.39 Å². The van der Waals surface area contributed by atoms with E-state index in [9.17, 15) is 43.1 Å². The zero-order valence-electron chi connectivity index (χ0n) is 46.5. The molecule has 0 bridgehead atoms. The van der Waals surface area contributed by atoms with E-state index in [1.807, 2.05) is 44.7 Å². The van der Waals surface area contributed by atoms with E-state index in [0.717, 1.165) is 6.26 Å². The van der Waals surface area contributed by atoms with Crippen LogP contribution in [0.5, 0.6) is 0 Å². The summed E-state index contributed by atoms with van der Waals surface area (Å²) in [4.78, 5) is 18.5. The summed E-state index contributed by atoms with van der Waals surface area (Å²) in [7, 11) is 3.45. The van der Waals surface area contributed by atoms with Gasteiger partial charge in [0.25, 0.3) is 0 Å². The van der Waals surface area contributed by atoms with E-state index in [4.69, 9.17) is 28.4 Å².